The van der Waals surface area contributed by atoms with Crippen LogP contribution in [-0.4, -0.2) is 40.7 Å². The van der Waals surface area contributed by atoms with Crippen LogP contribution in [0.5, 0.6) is 0 Å². The normalized spacial score (nSPS) is 13.1. The summed E-state index contributed by atoms with van der Waals surface area (Å²) in [5.41, 5.74) is 5.14. The van der Waals surface area contributed by atoms with Crippen molar-refractivity contribution in [3.05, 3.63) is 86.3 Å². The van der Waals surface area contributed by atoms with Crippen molar-refractivity contribution >= 4 is 29.2 Å². The van der Waals surface area contributed by atoms with E-state index in [2.05, 4.69) is 4.98 Å². The number of benzene rings is 2. The van der Waals surface area contributed by atoms with Crippen LogP contribution in [0.2, 0.25) is 0 Å². The van der Waals surface area contributed by atoms with Crippen LogP contribution in [0.1, 0.15) is 44.7 Å². The predicted octanol–water partition coefficient (Wildman–Crippen LogP) is 3.66. The lowest BCUT2D eigenvalue weighted by atomic mass is 10.1. The molecule has 1 aromatic heterocycles. The van der Waals surface area contributed by atoms with Crippen molar-refractivity contribution in [3.63, 3.8) is 0 Å². The summed E-state index contributed by atoms with van der Waals surface area (Å²) in [5.74, 6) is -0.949. The number of aromatic nitrogens is 2. The molecule has 1 fully saturated rings. The second-order valence-electron chi connectivity index (χ2n) is 11.0. The summed E-state index contributed by atoms with van der Waals surface area (Å²) in [7, 11) is 1.59. The molecule has 0 aliphatic heterocycles. The zero-order valence-corrected chi connectivity index (χ0v) is 23.1. The van der Waals surface area contributed by atoms with E-state index in [1.165, 1.54) is 28.0 Å². The first-order valence-electron chi connectivity index (χ1n) is 13.1. The van der Waals surface area contributed by atoms with Crippen molar-refractivity contribution in [2.45, 2.75) is 52.2 Å². The third-order valence-electron chi connectivity index (χ3n) is 6.53. The summed E-state index contributed by atoms with van der Waals surface area (Å²) in [6.07, 6.45) is 1.26. The highest BCUT2D eigenvalue weighted by Crippen LogP contribution is 2.32. The van der Waals surface area contributed by atoms with Gasteiger partial charge in [-0.2, -0.15) is 0 Å². The zero-order valence-electron chi connectivity index (χ0n) is 23.1. The van der Waals surface area contributed by atoms with Crippen molar-refractivity contribution in [3.8, 4) is 0 Å². The van der Waals surface area contributed by atoms with Crippen LogP contribution in [0.15, 0.2) is 58.1 Å². The maximum atomic E-state index is 14.3. The van der Waals surface area contributed by atoms with Crippen LogP contribution < -0.4 is 26.8 Å². The summed E-state index contributed by atoms with van der Waals surface area (Å²) in [5, 5.41) is 0. The number of rotatable bonds is 8. The van der Waals surface area contributed by atoms with E-state index in [1.807, 2.05) is 0 Å². The highest BCUT2D eigenvalue weighted by atomic mass is 19.1. The lowest BCUT2D eigenvalue weighted by Crippen LogP contribution is -2.44. The molecule has 1 aliphatic rings. The Morgan fingerprint density at radius 1 is 1.10 bits per heavy atom. The van der Waals surface area contributed by atoms with Crippen LogP contribution >= 0.6 is 0 Å². The molecule has 1 heterocycles. The number of halogens is 1. The summed E-state index contributed by atoms with van der Waals surface area (Å²) in [6, 6.07) is 12.7. The Bertz CT molecular complexity index is 1520. The number of nitrogens with one attached hydrogen (secondary N) is 1. The van der Waals surface area contributed by atoms with Crippen molar-refractivity contribution in [2.24, 2.45) is 5.92 Å². The van der Waals surface area contributed by atoms with Gasteiger partial charge in [0.2, 0.25) is 5.91 Å². The predicted molar refractivity (Wildman–Crippen MR) is 151 cm³/mol. The molecule has 2 aromatic carbocycles. The van der Waals surface area contributed by atoms with E-state index in [1.54, 1.807) is 58.2 Å². The van der Waals surface area contributed by atoms with E-state index >= 15 is 0 Å². The Morgan fingerprint density at radius 3 is 2.35 bits per heavy atom. The molecule has 0 atom stereocenters. The SMILES string of the molecule is CN(C(=O)OC(C)(C)C)c1ccc(CC(=O)N(CC2CC2)c2c(N)[nH]c(=O)n(Cc3ccccc3F)c2=O)cc1. The molecule has 40 heavy (non-hydrogen) atoms. The molecule has 11 heteroatoms. The molecule has 1 aliphatic carbocycles. The van der Waals surface area contributed by atoms with Gasteiger partial charge in [0.1, 0.15) is 17.2 Å². The number of nitrogens with two attached hydrogens (primary N) is 1. The number of carbonyl (C=O) groups excluding carboxylic acids is 2. The fraction of sp³-hybridized carbons (Fsp3) is 0.379. The highest BCUT2D eigenvalue weighted by Gasteiger charge is 2.31. The van der Waals surface area contributed by atoms with Crippen molar-refractivity contribution in [2.75, 3.05) is 29.1 Å². The fourth-order valence-corrected chi connectivity index (χ4v) is 4.20. The molecule has 212 valence electrons. The maximum absolute atomic E-state index is 14.3. The topological polar surface area (TPSA) is 131 Å². The quantitative estimate of drug-likeness (QED) is 0.439. The van der Waals surface area contributed by atoms with E-state index in [0.717, 1.165) is 17.4 Å². The number of nitrogens with zero attached hydrogens (tertiary/aromatic N) is 3. The van der Waals surface area contributed by atoms with Crippen LogP contribution in [-0.2, 0) is 22.5 Å². The molecule has 0 saturated heterocycles. The van der Waals surface area contributed by atoms with Gasteiger partial charge in [0.05, 0.1) is 13.0 Å². The van der Waals surface area contributed by atoms with E-state index in [0.29, 0.717) is 11.3 Å². The minimum atomic E-state index is -0.794. The molecule has 3 aromatic rings. The van der Waals surface area contributed by atoms with Crippen LogP contribution in [0.3, 0.4) is 0 Å². The number of anilines is 3. The average Bonchev–Trinajstić information content (AvgIpc) is 3.70. The van der Waals surface area contributed by atoms with Crippen LogP contribution in [0, 0.1) is 11.7 Å². The van der Waals surface area contributed by atoms with Gasteiger partial charge in [-0.3, -0.25) is 24.0 Å². The number of ether oxygens (including phenoxy) is 1. The number of nitrogen functional groups attached to an aromatic ring is 1. The number of carbonyl (C=O) groups is 2. The molecule has 2 amide bonds. The minimum absolute atomic E-state index is 0.0472. The van der Waals surface area contributed by atoms with Gasteiger partial charge < -0.3 is 15.4 Å². The first-order chi connectivity index (χ1) is 18.8. The Morgan fingerprint density at radius 2 is 1.75 bits per heavy atom. The van der Waals surface area contributed by atoms with E-state index in [4.69, 9.17) is 10.5 Å². The smallest absolute Gasteiger partial charge is 0.414 e. The van der Waals surface area contributed by atoms with E-state index in [9.17, 15) is 23.6 Å². The molecule has 1 saturated carbocycles. The van der Waals surface area contributed by atoms with Gasteiger partial charge >= 0.3 is 11.8 Å². The number of H-pyrrole nitrogens is 1. The van der Waals surface area contributed by atoms with Gasteiger partial charge in [-0.1, -0.05) is 30.3 Å². The molecular formula is C29H34FN5O5. The standard InChI is InChI=1S/C29H34FN5O5/c1-29(2,3)40-28(39)33(4)21-13-11-18(12-14-21)15-23(36)34(16-19-9-10-19)24-25(31)32-27(38)35(26(24)37)17-20-7-5-6-8-22(20)30/h5-8,11-14,19H,9-10,15-17,31H2,1-4H3,(H,32,38). The fourth-order valence-electron chi connectivity index (χ4n) is 4.20. The summed E-state index contributed by atoms with van der Waals surface area (Å²) in [6.45, 7) is 5.30. The Balaban J connectivity index is 1.59. The zero-order chi connectivity index (χ0) is 29.2. The Kier molecular flexibility index (Phi) is 8.13. The van der Waals surface area contributed by atoms with Crippen molar-refractivity contribution in [1.29, 1.82) is 0 Å². The number of hydrogen-bond donors (Lipinski definition) is 2. The van der Waals surface area contributed by atoms with Gasteiger partial charge in [-0.15, -0.1) is 0 Å². The largest absolute Gasteiger partial charge is 0.443 e. The van der Waals surface area contributed by atoms with Gasteiger partial charge in [0, 0.05) is 24.8 Å². The molecule has 10 nitrogen and oxygen atoms in total. The molecule has 4 rings (SSSR count). The Hall–Kier alpha value is -4.41. The monoisotopic (exact) mass is 551 g/mol. The highest BCUT2D eigenvalue weighted by molar-refractivity contribution is 5.97. The van der Waals surface area contributed by atoms with Crippen molar-refractivity contribution < 1.29 is 18.7 Å². The molecule has 0 bridgehead atoms. The molecule has 0 spiro atoms. The van der Waals surface area contributed by atoms with Gasteiger partial charge in [-0.25, -0.2) is 14.0 Å². The second kappa shape index (κ2) is 11.4. The Labute approximate surface area is 231 Å². The average molecular weight is 552 g/mol. The third kappa shape index (κ3) is 6.77. The van der Waals surface area contributed by atoms with Crippen LogP contribution in [0.4, 0.5) is 26.4 Å². The second-order valence-corrected chi connectivity index (χ2v) is 11.0. The lowest BCUT2D eigenvalue weighted by molar-refractivity contribution is -0.118. The van der Waals surface area contributed by atoms with E-state index in [-0.39, 0.29) is 48.4 Å². The van der Waals surface area contributed by atoms with Gasteiger partial charge in [0.25, 0.3) is 5.56 Å². The summed E-state index contributed by atoms with van der Waals surface area (Å²) in [4.78, 5) is 57.2. The van der Waals surface area contributed by atoms with Crippen LogP contribution in [0.25, 0.3) is 0 Å². The first-order valence-corrected chi connectivity index (χ1v) is 13.1. The summed E-state index contributed by atoms with van der Waals surface area (Å²) < 4.78 is 20.5. The molecular weight excluding hydrogens is 517 g/mol. The first kappa shape index (κ1) is 28.6. The van der Waals surface area contributed by atoms with Crippen molar-refractivity contribution in [1.82, 2.24) is 9.55 Å². The van der Waals surface area contributed by atoms with Gasteiger partial charge in [0.15, 0.2) is 5.69 Å². The van der Waals surface area contributed by atoms with Gasteiger partial charge in [-0.05, 0) is 63.3 Å². The number of amides is 2. The maximum Gasteiger partial charge on any atom is 0.414 e. The third-order valence-corrected chi connectivity index (χ3v) is 6.53. The number of hydrogen-bond acceptors (Lipinski definition) is 6. The summed E-state index contributed by atoms with van der Waals surface area (Å²) >= 11 is 0. The number of aromatic amines is 1. The molecule has 0 unspecified atom stereocenters. The molecule has 0 radical (unpaired) electrons. The lowest BCUT2D eigenvalue weighted by Gasteiger charge is -2.25. The molecule has 3 N–H and O–H groups in total. The minimum Gasteiger partial charge on any atom is -0.443 e. The van der Waals surface area contributed by atoms with E-state index < -0.39 is 28.8 Å².